The van der Waals surface area contributed by atoms with Gasteiger partial charge in [0.15, 0.2) is 0 Å². The molecule has 0 saturated carbocycles. The average Bonchev–Trinajstić information content (AvgIpc) is 2.67. The first kappa shape index (κ1) is 9.01. The second-order valence-electron chi connectivity index (χ2n) is 3.26. The normalized spacial score (nSPS) is 31.9. The Balaban J connectivity index is 2.22. The molecule has 66 valence electrons. The molecular weight excluding hydrogens is 138 g/mol. The number of epoxide rings is 1. The highest BCUT2D eigenvalue weighted by Crippen LogP contribution is 2.26. The molecule has 1 rings (SSSR count). The molecule has 0 bridgehead atoms. The Kier molecular flexibility index (Phi) is 3.34. The smallest absolute Gasteiger partial charge is 0.0991 e. The van der Waals surface area contributed by atoms with E-state index in [0.29, 0.717) is 18.2 Å². The van der Waals surface area contributed by atoms with Crippen LogP contribution in [-0.2, 0) is 4.74 Å². The van der Waals surface area contributed by atoms with Crippen molar-refractivity contribution in [1.82, 2.24) is 5.32 Å². The summed E-state index contributed by atoms with van der Waals surface area (Å²) in [4.78, 5) is 0. The summed E-state index contributed by atoms with van der Waals surface area (Å²) >= 11 is 0. The highest BCUT2D eigenvalue weighted by atomic mass is 16.6. The monoisotopic (exact) mass is 157 g/mol. The van der Waals surface area contributed by atoms with Crippen LogP contribution in [0.1, 0.15) is 33.6 Å². The minimum atomic E-state index is 0.491. The predicted molar refractivity (Wildman–Crippen MR) is 46.7 cm³/mol. The second-order valence-corrected chi connectivity index (χ2v) is 3.26. The van der Waals surface area contributed by atoms with Gasteiger partial charge in [0, 0.05) is 6.04 Å². The lowest BCUT2D eigenvalue weighted by molar-refractivity contribution is 0.321. The van der Waals surface area contributed by atoms with E-state index in [2.05, 4.69) is 26.1 Å². The van der Waals surface area contributed by atoms with Gasteiger partial charge >= 0.3 is 0 Å². The highest BCUT2D eigenvalue weighted by molar-refractivity contribution is 4.91. The zero-order valence-corrected chi connectivity index (χ0v) is 7.76. The van der Waals surface area contributed by atoms with Gasteiger partial charge in [-0.1, -0.05) is 20.3 Å². The predicted octanol–water partition coefficient (Wildman–Crippen LogP) is 1.55. The third-order valence-electron chi connectivity index (χ3n) is 2.22. The van der Waals surface area contributed by atoms with Crippen molar-refractivity contribution in [1.29, 1.82) is 0 Å². The van der Waals surface area contributed by atoms with Crippen LogP contribution in [0, 0.1) is 0 Å². The zero-order valence-electron chi connectivity index (χ0n) is 7.76. The first-order valence-electron chi connectivity index (χ1n) is 4.68. The molecule has 0 amide bonds. The Hall–Kier alpha value is -0.0800. The average molecular weight is 157 g/mol. The third-order valence-corrected chi connectivity index (χ3v) is 2.22. The third kappa shape index (κ3) is 2.46. The number of nitrogens with one attached hydrogen (secondary N) is 1. The van der Waals surface area contributed by atoms with E-state index in [-0.39, 0.29) is 0 Å². The summed E-state index contributed by atoms with van der Waals surface area (Å²) in [7, 11) is 0. The zero-order chi connectivity index (χ0) is 8.27. The Morgan fingerprint density at radius 2 is 2.09 bits per heavy atom. The summed E-state index contributed by atoms with van der Waals surface area (Å²) in [6, 6.07) is 0.597. The van der Waals surface area contributed by atoms with Crippen LogP contribution < -0.4 is 5.32 Å². The molecule has 1 fully saturated rings. The molecule has 0 aromatic rings. The highest BCUT2D eigenvalue weighted by Gasteiger charge is 2.40. The maximum Gasteiger partial charge on any atom is 0.0991 e. The van der Waals surface area contributed by atoms with Crippen molar-refractivity contribution in [2.75, 3.05) is 6.54 Å². The van der Waals surface area contributed by atoms with Crippen molar-refractivity contribution in [3.05, 3.63) is 0 Å². The van der Waals surface area contributed by atoms with Gasteiger partial charge in [-0.3, -0.25) is 0 Å². The van der Waals surface area contributed by atoms with Crippen molar-refractivity contribution in [2.24, 2.45) is 0 Å². The van der Waals surface area contributed by atoms with Crippen LogP contribution in [0.5, 0.6) is 0 Å². The van der Waals surface area contributed by atoms with E-state index in [1.54, 1.807) is 0 Å². The molecule has 0 radical (unpaired) electrons. The van der Waals surface area contributed by atoms with E-state index >= 15 is 0 Å². The maximum absolute atomic E-state index is 5.42. The van der Waals surface area contributed by atoms with E-state index in [4.69, 9.17) is 4.74 Å². The number of ether oxygens (including phenoxy) is 1. The fraction of sp³-hybridized carbons (Fsp3) is 1.00. The summed E-state index contributed by atoms with van der Waals surface area (Å²) in [6.07, 6.45) is 3.47. The van der Waals surface area contributed by atoms with Crippen molar-refractivity contribution in [3.8, 4) is 0 Å². The SMILES string of the molecule is CCC[C@@H](NCC)C1OC1C. The Bertz CT molecular complexity index is 110. The molecule has 1 aliphatic heterocycles. The lowest BCUT2D eigenvalue weighted by Gasteiger charge is -2.13. The van der Waals surface area contributed by atoms with Crippen molar-refractivity contribution in [2.45, 2.75) is 51.9 Å². The first-order valence-corrected chi connectivity index (χ1v) is 4.68. The summed E-state index contributed by atoms with van der Waals surface area (Å²) in [6.45, 7) is 7.56. The lowest BCUT2D eigenvalue weighted by Crippen LogP contribution is -2.34. The molecule has 2 nitrogen and oxygen atoms in total. The van der Waals surface area contributed by atoms with Crippen molar-refractivity contribution >= 4 is 0 Å². The van der Waals surface area contributed by atoms with Gasteiger partial charge in [-0.05, 0) is 19.9 Å². The fourth-order valence-corrected chi connectivity index (χ4v) is 1.58. The Morgan fingerprint density at radius 3 is 2.45 bits per heavy atom. The van der Waals surface area contributed by atoms with E-state index in [1.807, 2.05) is 0 Å². The van der Waals surface area contributed by atoms with Crippen LogP contribution in [0.3, 0.4) is 0 Å². The van der Waals surface area contributed by atoms with E-state index in [0.717, 1.165) is 6.54 Å². The van der Waals surface area contributed by atoms with E-state index < -0.39 is 0 Å². The van der Waals surface area contributed by atoms with Gasteiger partial charge in [0.25, 0.3) is 0 Å². The molecule has 1 N–H and O–H groups in total. The molecule has 3 atom stereocenters. The second kappa shape index (κ2) is 4.07. The van der Waals surface area contributed by atoms with Gasteiger partial charge < -0.3 is 10.1 Å². The standard InChI is InChI=1S/C9H19NO/c1-4-6-8(10-5-2)9-7(3)11-9/h7-10H,4-6H2,1-3H3/t7?,8-,9?/m1/s1. The van der Waals surface area contributed by atoms with E-state index in [1.165, 1.54) is 12.8 Å². The Morgan fingerprint density at radius 1 is 1.45 bits per heavy atom. The quantitative estimate of drug-likeness (QED) is 0.612. The van der Waals surface area contributed by atoms with Crippen LogP contribution in [-0.4, -0.2) is 24.8 Å². The van der Waals surface area contributed by atoms with Gasteiger partial charge in [0.05, 0.1) is 12.2 Å². The minimum absolute atomic E-state index is 0.491. The van der Waals surface area contributed by atoms with Crippen LogP contribution in [0.4, 0.5) is 0 Å². The molecule has 1 heterocycles. The van der Waals surface area contributed by atoms with Crippen molar-refractivity contribution in [3.63, 3.8) is 0 Å². The van der Waals surface area contributed by atoms with Crippen LogP contribution in [0.25, 0.3) is 0 Å². The number of rotatable bonds is 5. The molecule has 11 heavy (non-hydrogen) atoms. The summed E-state index contributed by atoms with van der Waals surface area (Å²) in [5.41, 5.74) is 0. The summed E-state index contributed by atoms with van der Waals surface area (Å²) in [5.74, 6) is 0. The maximum atomic E-state index is 5.42. The summed E-state index contributed by atoms with van der Waals surface area (Å²) < 4.78 is 5.42. The first-order chi connectivity index (χ1) is 5.29. The van der Waals surface area contributed by atoms with Crippen molar-refractivity contribution < 1.29 is 4.74 Å². The molecule has 0 aliphatic carbocycles. The van der Waals surface area contributed by atoms with Gasteiger partial charge in [-0.2, -0.15) is 0 Å². The van der Waals surface area contributed by atoms with Crippen LogP contribution in [0.2, 0.25) is 0 Å². The Labute approximate surface area is 69.3 Å². The number of hydrogen-bond donors (Lipinski definition) is 1. The molecule has 1 aliphatic rings. The molecule has 2 unspecified atom stereocenters. The van der Waals surface area contributed by atoms with Crippen LogP contribution >= 0.6 is 0 Å². The molecular formula is C9H19NO. The van der Waals surface area contributed by atoms with Gasteiger partial charge in [-0.15, -0.1) is 0 Å². The van der Waals surface area contributed by atoms with E-state index in [9.17, 15) is 0 Å². The topological polar surface area (TPSA) is 24.6 Å². The summed E-state index contributed by atoms with van der Waals surface area (Å²) in [5, 5.41) is 3.45. The molecule has 0 aromatic heterocycles. The largest absolute Gasteiger partial charge is 0.368 e. The van der Waals surface area contributed by atoms with Gasteiger partial charge in [0.1, 0.15) is 0 Å². The lowest BCUT2D eigenvalue weighted by atomic mass is 10.1. The van der Waals surface area contributed by atoms with Crippen LogP contribution in [0.15, 0.2) is 0 Å². The van der Waals surface area contributed by atoms with Gasteiger partial charge in [-0.25, -0.2) is 0 Å². The number of hydrogen-bond acceptors (Lipinski definition) is 2. The number of likely N-dealkylation sites (N-methyl/N-ethyl adjacent to an activating group) is 1. The molecule has 1 saturated heterocycles. The van der Waals surface area contributed by atoms with Gasteiger partial charge in [0.2, 0.25) is 0 Å². The molecule has 0 spiro atoms. The minimum Gasteiger partial charge on any atom is -0.368 e. The molecule has 0 aromatic carbocycles. The molecule has 2 heteroatoms. The fourth-order valence-electron chi connectivity index (χ4n) is 1.58.